The molecule has 0 heterocycles. The minimum atomic E-state index is -4.53. The lowest BCUT2D eigenvalue weighted by Crippen LogP contribution is -2.37. The minimum absolute atomic E-state index is 0.0233. The zero-order valence-corrected chi connectivity index (χ0v) is 42.2. The van der Waals surface area contributed by atoms with Gasteiger partial charge in [-0.25, -0.2) is 0 Å². The monoisotopic (exact) mass is 894 g/mol. The molecule has 0 aliphatic heterocycles. The van der Waals surface area contributed by atoms with Crippen LogP contribution < -0.4 is 4.89 Å². The van der Waals surface area contributed by atoms with E-state index in [0.717, 1.165) is 44.9 Å². The van der Waals surface area contributed by atoms with Gasteiger partial charge in [0.25, 0.3) is 7.82 Å². The number of rotatable bonds is 48. The van der Waals surface area contributed by atoms with Crippen molar-refractivity contribution in [2.45, 2.75) is 232 Å². The molecule has 2 unspecified atom stereocenters. The highest BCUT2D eigenvalue weighted by atomic mass is 31.2. The number of likely N-dealkylation sites (N-methyl/N-ethyl adjacent to an activating group) is 1. The second-order valence-electron chi connectivity index (χ2n) is 18.5. The van der Waals surface area contributed by atoms with Gasteiger partial charge in [0.1, 0.15) is 19.3 Å². The number of nitrogens with zero attached hydrogens (tertiary/aromatic N) is 1. The highest BCUT2D eigenvalue weighted by Crippen LogP contribution is 2.38. The molecule has 0 aliphatic rings. The van der Waals surface area contributed by atoms with Crippen LogP contribution in [0.3, 0.4) is 0 Å². The van der Waals surface area contributed by atoms with Crippen LogP contribution in [0.15, 0.2) is 48.6 Å². The van der Waals surface area contributed by atoms with Gasteiger partial charge in [0, 0.05) is 13.0 Å². The Morgan fingerprint density at radius 1 is 0.500 bits per heavy atom. The summed E-state index contributed by atoms with van der Waals surface area (Å²) in [5.41, 5.74) is 0. The summed E-state index contributed by atoms with van der Waals surface area (Å²) in [6, 6.07) is 0. The summed E-state index contributed by atoms with van der Waals surface area (Å²) < 4.78 is 34.7. The van der Waals surface area contributed by atoms with Gasteiger partial charge in [-0.2, -0.15) is 0 Å². The van der Waals surface area contributed by atoms with Crippen molar-refractivity contribution < 1.29 is 37.3 Å². The van der Waals surface area contributed by atoms with Crippen LogP contribution in [-0.4, -0.2) is 70.7 Å². The van der Waals surface area contributed by atoms with Crippen LogP contribution in [0.4, 0.5) is 0 Å². The summed E-state index contributed by atoms with van der Waals surface area (Å²) in [4.78, 5) is 25.2. The molecule has 0 N–H and O–H groups in total. The van der Waals surface area contributed by atoms with Crippen molar-refractivity contribution in [1.29, 1.82) is 0 Å². The molecule has 62 heavy (non-hydrogen) atoms. The summed E-state index contributed by atoms with van der Waals surface area (Å²) in [5.74, 6) is -0.339. The van der Waals surface area contributed by atoms with Crippen molar-refractivity contribution in [3.8, 4) is 0 Å². The molecule has 0 saturated heterocycles. The minimum Gasteiger partial charge on any atom is -0.756 e. The van der Waals surface area contributed by atoms with Crippen LogP contribution in [0, 0.1) is 0 Å². The standard InChI is InChI=1S/C53H100NO7P/c1-6-8-10-12-14-16-18-20-22-23-24-25-26-27-28-29-30-31-32-34-36-38-40-42-44-46-53(55)61-52(51-60-62(56,57)59-49-47-54(3,4)5)50-58-48-45-43-41-39-37-35-33-21-19-17-15-13-11-9-7-2/h18-21,23-24,26-27,52H,6-17,22,25,28-51H2,1-5H3/b20-18-,21-19-,24-23-,27-26-. The Balaban J connectivity index is 4.12. The summed E-state index contributed by atoms with van der Waals surface area (Å²) in [5, 5.41) is 0. The topological polar surface area (TPSA) is 94.1 Å². The Kier molecular flexibility index (Phi) is 44.9. The number of quaternary nitrogens is 1. The molecule has 0 saturated carbocycles. The molecule has 0 fully saturated rings. The molecule has 0 aromatic rings. The second kappa shape index (κ2) is 46.0. The van der Waals surface area contributed by atoms with Gasteiger partial charge in [0.15, 0.2) is 0 Å². The molecular formula is C53H100NO7P. The van der Waals surface area contributed by atoms with E-state index in [0.29, 0.717) is 24.1 Å². The molecule has 8 nitrogen and oxygen atoms in total. The molecule has 0 bridgehead atoms. The van der Waals surface area contributed by atoms with Gasteiger partial charge in [-0.15, -0.1) is 0 Å². The van der Waals surface area contributed by atoms with E-state index in [1.54, 1.807) is 0 Å². The van der Waals surface area contributed by atoms with Crippen molar-refractivity contribution in [1.82, 2.24) is 0 Å². The molecule has 0 amide bonds. The number of ether oxygens (including phenoxy) is 2. The zero-order valence-electron chi connectivity index (χ0n) is 41.3. The van der Waals surface area contributed by atoms with Crippen LogP contribution in [0.2, 0.25) is 0 Å². The van der Waals surface area contributed by atoms with Gasteiger partial charge in [-0.3, -0.25) is 9.36 Å². The highest BCUT2D eigenvalue weighted by molar-refractivity contribution is 7.45. The molecule has 0 aromatic carbocycles. The maximum atomic E-state index is 12.7. The third kappa shape index (κ3) is 49.5. The van der Waals surface area contributed by atoms with Crippen molar-refractivity contribution in [3.05, 3.63) is 48.6 Å². The van der Waals surface area contributed by atoms with Crippen LogP contribution in [-0.2, 0) is 27.9 Å². The summed E-state index contributed by atoms with van der Waals surface area (Å²) in [6.45, 7) is 5.39. The number of carbonyl (C=O) groups is 1. The Morgan fingerprint density at radius 3 is 1.34 bits per heavy atom. The first-order valence-electron chi connectivity index (χ1n) is 25.9. The average Bonchev–Trinajstić information content (AvgIpc) is 3.23. The molecule has 0 spiro atoms. The first-order valence-corrected chi connectivity index (χ1v) is 27.3. The van der Waals surface area contributed by atoms with Gasteiger partial charge >= 0.3 is 5.97 Å². The Hall–Kier alpha value is -1.54. The molecule has 0 rings (SSSR count). The predicted octanol–water partition coefficient (Wildman–Crippen LogP) is 15.3. The lowest BCUT2D eigenvalue weighted by Gasteiger charge is -2.28. The first kappa shape index (κ1) is 60.5. The lowest BCUT2D eigenvalue weighted by atomic mass is 10.0. The van der Waals surface area contributed by atoms with Crippen LogP contribution in [0.5, 0.6) is 0 Å². The SMILES string of the molecule is CCCCCCC/C=C\C/C=C\C/C=C\CCCCCCCCCCCCC(=O)OC(COCCCCCCCC/C=C\CCCCCCC)COP(=O)([O-])OCC[N+](C)(C)C. The van der Waals surface area contributed by atoms with Crippen LogP contribution in [0.1, 0.15) is 226 Å². The van der Waals surface area contributed by atoms with Crippen molar-refractivity contribution >= 4 is 13.8 Å². The molecule has 0 aromatic heterocycles. The average molecular weight is 894 g/mol. The number of phosphoric ester groups is 1. The number of hydrogen-bond donors (Lipinski definition) is 0. The number of phosphoric acid groups is 1. The highest BCUT2D eigenvalue weighted by Gasteiger charge is 2.20. The number of esters is 1. The van der Waals surface area contributed by atoms with Crippen LogP contribution in [0.25, 0.3) is 0 Å². The van der Waals surface area contributed by atoms with E-state index in [9.17, 15) is 14.3 Å². The maximum absolute atomic E-state index is 12.7. The van der Waals surface area contributed by atoms with E-state index in [1.807, 2.05) is 21.1 Å². The summed E-state index contributed by atoms with van der Waals surface area (Å²) in [6.07, 6.45) is 57.0. The normalized spacial score (nSPS) is 14.0. The lowest BCUT2D eigenvalue weighted by molar-refractivity contribution is -0.870. The van der Waals surface area contributed by atoms with E-state index in [4.69, 9.17) is 18.5 Å². The molecular weight excluding hydrogens is 794 g/mol. The zero-order chi connectivity index (χ0) is 45.5. The van der Waals surface area contributed by atoms with Gasteiger partial charge < -0.3 is 27.9 Å². The molecule has 0 radical (unpaired) electrons. The Labute approximate surface area is 384 Å². The second-order valence-corrected chi connectivity index (χ2v) is 19.9. The third-order valence-electron chi connectivity index (χ3n) is 11.1. The maximum Gasteiger partial charge on any atom is 0.306 e. The van der Waals surface area contributed by atoms with E-state index in [1.165, 1.54) is 161 Å². The molecule has 364 valence electrons. The van der Waals surface area contributed by atoms with E-state index in [-0.39, 0.29) is 25.8 Å². The van der Waals surface area contributed by atoms with E-state index in [2.05, 4.69) is 62.5 Å². The van der Waals surface area contributed by atoms with Crippen molar-refractivity contribution in [2.75, 3.05) is 54.1 Å². The van der Waals surface area contributed by atoms with Crippen molar-refractivity contribution in [2.24, 2.45) is 0 Å². The number of allylic oxidation sites excluding steroid dienone is 8. The summed E-state index contributed by atoms with van der Waals surface area (Å²) in [7, 11) is 1.35. The fourth-order valence-electron chi connectivity index (χ4n) is 7.08. The van der Waals surface area contributed by atoms with E-state index >= 15 is 0 Å². The number of unbranched alkanes of at least 4 members (excludes halogenated alkanes) is 26. The quantitative estimate of drug-likeness (QED) is 0.0197. The Bertz CT molecular complexity index is 1130. The number of carbonyl (C=O) groups excluding carboxylic acids is 1. The van der Waals surface area contributed by atoms with Gasteiger partial charge in [0.2, 0.25) is 0 Å². The molecule has 2 atom stereocenters. The fraction of sp³-hybridized carbons (Fsp3) is 0.830. The smallest absolute Gasteiger partial charge is 0.306 e. The Morgan fingerprint density at radius 2 is 0.887 bits per heavy atom. The largest absolute Gasteiger partial charge is 0.756 e. The van der Waals surface area contributed by atoms with Crippen LogP contribution >= 0.6 is 7.82 Å². The predicted molar refractivity (Wildman–Crippen MR) is 263 cm³/mol. The van der Waals surface area contributed by atoms with Gasteiger partial charge in [0.05, 0.1) is 34.4 Å². The molecule has 0 aliphatic carbocycles. The van der Waals surface area contributed by atoms with E-state index < -0.39 is 13.9 Å². The van der Waals surface area contributed by atoms with Gasteiger partial charge in [-0.05, 0) is 77.0 Å². The third-order valence-corrected chi connectivity index (χ3v) is 12.1. The van der Waals surface area contributed by atoms with Gasteiger partial charge in [-0.1, -0.05) is 191 Å². The number of hydrogen-bond acceptors (Lipinski definition) is 7. The fourth-order valence-corrected chi connectivity index (χ4v) is 7.81. The first-order chi connectivity index (χ1) is 30.1. The molecule has 9 heteroatoms. The van der Waals surface area contributed by atoms with Crippen molar-refractivity contribution in [3.63, 3.8) is 0 Å². The summed E-state index contributed by atoms with van der Waals surface area (Å²) >= 11 is 0.